The van der Waals surface area contributed by atoms with Crippen molar-refractivity contribution in [2.75, 3.05) is 0 Å². The summed E-state index contributed by atoms with van der Waals surface area (Å²) in [5.41, 5.74) is 0.379. The van der Waals surface area contributed by atoms with E-state index in [4.69, 9.17) is 5.11 Å². The normalized spacial score (nSPS) is 22.9. The Labute approximate surface area is 106 Å². The topological polar surface area (TPSA) is 54.4 Å². The van der Waals surface area contributed by atoms with Crippen LogP contribution in [-0.2, 0) is 15.0 Å². The van der Waals surface area contributed by atoms with Crippen molar-refractivity contribution in [2.24, 2.45) is 5.41 Å². The molecule has 2 saturated carbocycles. The molecule has 3 heteroatoms. The van der Waals surface area contributed by atoms with Crippen LogP contribution >= 0.6 is 0 Å². The molecule has 1 aromatic rings. The Morgan fingerprint density at radius 1 is 1.06 bits per heavy atom. The van der Waals surface area contributed by atoms with E-state index in [1.165, 1.54) is 6.42 Å². The molecule has 3 rings (SSSR count). The fourth-order valence-electron chi connectivity index (χ4n) is 3.72. The Morgan fingerprint density at radius 3 is 2.11 bits per heavy atom. The number of carbonyl (C=O) groups excluding carboxylic acids is 1. The van der Waals surface area contributed by atoms with E-state index in [1.54, 1.807) is 0 Å². The van der Waals surface area contributed by atoms with Gasteiger partial charge in [0.15, 0.2) is 0 Å². The monoisotopic (exact) mass is 244 g/mol. The number of rotatable bonds is 3. The maximum absolute atomic E-state index is 12.1. The van der Waals surface area contributed by atoms with Crippen LogP contribution in [0.3, 0.4) is 0 Å². The summed E-state index contributed by atoms with van der Waals surface area (Å²) in [6.07, 6.45) is 4.94. The van der Waals surface area contributed by atoms with Gasteiger partial charge in [-0.25, -0.2) is 4.79 Å². The number of carboxylic acid groups (broad SMARTS) is 1. The zero-order chi connectivity index (χ0) is 12.8. The van der Waals surface area contributed by atoms with Gasteiger partial charge in [0.1, 0.15) is 0 Å². The summed E-state index contributed by atoms with van der Waals surface area (Å²) in [6.45, 7) is 0. The summed E-state index contributed by atoms with van der Waals surface area (Å²) in [5.74, 6) is -1.93. The molecule has 0 radical (unpaired) electrons. The molecule has 3 nitrogen and oxygen atoms in total. The second kappa shape index (κ2) is 3.67. The molecule has 94 valence electrons. The van der Waals surface area contributed by atoms with E-state index in [0.717, 1.165) is 31.2 Å². The third-order valence-corrected chi connectivity index (χ3v) is 4.72. The van der Waals surface area contributed by atoms with Crippen LogP contribution in [0.4, 0.5) is 0 Å². The molecule has 1 N–H and O–H groups in total. The Balaban J connectivity index is 1.96. The number of Topliss-reactive ketones (excluding diaryl/α,β-unsaturated/α-hetero) is 1. The van der Waals surface area contributed by atoms with Crippen LogP contribution in [0.2, 0.25) is 0 Å². The number of hydrogen-bond acceptors (Lipinski definition) is 2. The van der Waals surface area contributed by atoms with Crippen molar-refractivity contribution in [3.8, 4) is 0 Å². The van der Waals surface area contributed by atoms with E-state index in [9.17, 15) is 9.59 Å². The maximum Gasteiger partial charge on any atom is 0.373 e. The van der Waals surface area contributed by atoms with E-state index in [0.29, 0.717) is 0 Å². The summed E-state index contributed by atoms with van der Waals surface area (Å²) in [6, 6.07) is 9.40. The lowest BCUT2D eigenvalue weighted by atomic mass is 9.42. The molecule has 0 aromatic heterocycles. The van der Waals surface area contributed by atoms with Gasteiger partial charge in [-0.15, -0.1) is 0 Å². The van der Waals surface area contributed by atoms with Gasteiger partial charge in [0.05, 0.1) is 5.41 Å². The van der Waals surface area contributed by atoms with Crippen LogP contribution in [0, 0.1) is 5.41 Å². The zero-order valence-electron chi connectivity index (χ0n) is 10.2. The molecule has 1 spiro atoms. The average Bonchev–Trinajstić information content (AvgIpc) is 2.27. The van der Waals surface area contributed by atoms with Crippen LogP contribution < -0.4 is 0 Å². The first kappa shape index (κ1) is 11.5. The van der Waals surface area contributed by atoms with Crippen molar-refractivity contribution >= 4 is 11.8 Å². The zero-order valence-corrected chi connectivity index (χ0v) is 10.2. The number of carbonyl (C=O) groups is 2. The Hall–Kier alpha value is -1.64. The first-order valence-corrected chi connectivity index (χ1v) is 6.41. The summed E-state index contributed by atoms with van der Waals surface area (Å²) < 4.78 is 0. The van der Waals surface area contributed by atoms with Gasteiger partial charge in [-0.3, -0.25) is 4.79 Å². The van der Waals surface area contributed by atoms with Crippen molar-refractivity contribution in [1.82, 2.24) is 0 Å². The van der Waals surface area contributed by atoms with Crippen LogP contribution in [0.5, 0.6) is 0 Å². The van der Waals surface area contributed by atoms with Crippen LogP contribution in [0.15, 0.2) is 30.3 Å². The fraction of sp³-hybridized carbons (Fsp3) is 0.467. The first-order valence-electron chi connectivity index (χ1n) is 6.41. The lowest BCUT2D eigenvalue weighted by molar-refractivity contribution is -0.159. The molecule has 0 unspecified atom stereocenters. The highest BCUT2D eigenvalue weighted by Crippen LogP contribution is 2.65. The quantitative estimate of drug-likeness (QED) is 0.831. The van der Waals surface area contributed by atoms with Crippen LogP contribution in [-0.4, -0.2) is 16.9 Å². The first-order chi connectivity index (χ1) is 8.58. The SMILES string of the molecule is O=C(O)C(=O)C1(c2ccccc2)CC2(CCC2)C1. The van der Waals surface area contributed by atoms with Gasteiger partial charge in [-0.1, -0.05) is 36.8 Å². The predicted octanol–water partition coefficient (Wildman–Crippen LogP) is 2.54. The number of hydrogen-bond donors (Lipinski definition) is 1. The van der Waals surface area contributed by atoms with Gasteiger partial charge in [-0.05, 0) is 36.7 Å². The average molecular weight is 244 g/mol. The molecular formula is C15H16O3. The second-order valence-corrected chi connectivity index (χ2v) is 5.79. The van der Waals surface area contributed by atoms with E-state index < -0.39 is 17.2 Å². The van der Waals surface area contributed by atoms with E-state index >= 15 is 0 Å². The van der Waals surface area contributed by atoms with Crippen molar-refractivity contribution in [3.63, 3.8) is 0 Å². The minimum absolute atomic E-state index is 0.265. The number of aliphatic carboxylic acids is 1. The molecule has 0 heterocycles. The second-order valence-electron chi connectivity index (χ2n) is 5.79. The van der Waals surface area contributed by atoms with Crippen LogP contribution in [0.1, 0.15) is 37.7 Å². The lowest BCUT2D eigenvalue weighted by Crippen LogP contribution is -2.58. The number of carboxylic acids is 1. The summed E-state index contributed by atoms with van der Waals surface area (Å²) in [7, 11) is 0. The van der Waals surface area contributed by atoms with Gasteiger partial charge in [0.2, 0.25) is 5.78 Å². The minimum atomic E-state index is -1.30. The molecule has 2 aliphatic carbocycles. The molecule has 0 amide bonds. The minimum Gasteiger partial charge on any atom is -0.475 e. The van der Waals surface area contributed by atoms with Gasteiger partial charge in [0.25, 0.3) is 0 Å². The lowest BCUT2D eigenvalue weighted by Gasteiger charge is -2.60. The number of ketones is 1. The molecule has 1 aromatic carbocycles. The molecular weight excluding hydrogens is 228 g/mol. The van der Waals surface area contributed by atoms with Crippen molar-refractivity contribution in [1.29, 1.82) is 0 Å². The molecule has 0 aliphatic heterocycles. The Morgan fingerprint density at radius 2 is 1.67 bits per heavy atom. The van der Waals surface area contributed by atoms with Crippen molar-refractivity contribution in [3.05, 3.63) is 35.9 Å². The third kappa shape index (κ3) is 1.43. The van der Waals surface area contributed by atoms with Gasteiger partial charge < -0.3 is 5.11 Å². The standard InChI is InChI=1S/C15H16O3/c16-12(13(17)18)15(11-5-2-1-3-6-11)9-14(10-15)7-4-8-14/h1-3,5-6H,4,7-10H2,(H,17,18). The van der Waals surface area contributed by atoms with Gasteiger partial charge in [-0.2, -0.15) is 0 Å². The van der Waals surface area contributed by atoms with Crippen LogP contribution in [0.25, 0.3) is 0 Å². The maximum atomic E-state index is 12.1. The highest BCUT2D eigenvalue weighted by molar-refractivity contribution is 6.36. The largest absolute Gasteiger partial charge is 0.475 e. The molecule has 2 aliphatic rings. The Bertz CT molecular complexity index is 492. The number of benzene rings is 1. The summed E-state index contributed by atoms with van der Waals surface area (Å²) in [4.78, 5) is 23.2. The van der Waals surface area contributed by atoms with E-state index in [1.807, 2.05) is 30.3 Å². The smallest absolute Gasteiger partial charge is 0.373 e. The van der Waals surface area contributed by atoms with Crippen molar-refractivity contribution < 1.29 is 14.7 Å². The molecule has 0 bridgehead atoms. The molecule has 0 atom stereocenters. The third-order valence-electron chi connectivity index (χ3n) is 4.72. The van der Waals surface area contributed by atoms with Gasteiger partial charge in [0, 0.05) is 0 Å². The molecule has 0 saturated heterocycles. The fourth-order valence-corrected chi connectivity index (χ4v) is 3.72. The highest BCUT2D eigenvalue weighted by atomic mass is 16.4. The predicted molar refractivity (Wildman–Crippen MR) is 66.3 cm³/mol. The Kier molecular flexibility index (Phi) is 2.34. The van der Waals surface area contributed by atoms with Crippen molar-refractivity contribution in [2.45, 2.75) is 37.5 Å². The summed E-state index contributed by atoms with van der Waals surface area (Å²) >= 11 is 0. The molecule has 18 heavy (non-hydrogen) atoms. The van der Waals surface area contributed by atoms with Gasteiger partial charge >= 0.3 is 5.97 Å². The van der Waals surface area contributed by atoms with E-state index in [2.05, 4.69) is 0 Å². The van der Waals surface area contributed by atoms with E-state index in [-0.39, 0.29) is 5.41 Å². The highest BCUT2D eigenvalue weighted by Gasteiger charge is 2.62. The summed E-state index contributed by atoms with van der Waals surface area (Å²) in [5, 5.41) is 9.06. The molecule has 2 fully saturated rings.